The van der Waals surface area contributed by atoms with Gasteiger partial charge >= 0.3 is 0 Å². The van der Waals surface area contributed by atoms with E-state index in [1.807, 2.05) is 11.0 Å². The fourth-order valence-electron chi connectivity index (χ4n) is 2.61. The SMILES string of the molecule is O=C(c1ccncc1)N1CCCC[C@H]1c1ccn[nH]1. The van der Waals surface area contributed by atoms with Crippen LogP contribution in [0.2, 0.25) is 0 Å². The van der Waals surface area contributed by atoms with Crippen LogP contribution in [0.4, 0.5) is 0 Å². The van der Waals surface area contributed by atoms with Gasteiger partial charge in [-0.3, -0.25) is 14.9 Å². The second kappa shape index (κ2) is 5.22. The van der Waals surface area contributed by atoms with Crippen LogP contribution in [0.5, 0.6) is 0 Å². The van der Waals surface area contributed by atoms with Gasteiger partial charge in [0.25, 0.3) is 5.91 Å². The van der Waals surface area contributed by atoms with E-state index >= 15 is 0 Å². The Morgan fingerprint density at radius 2 is 2.05 bits per heavy atom. The summed E-state index contributed by atoms with van der Waals surface area (Å²) >= 11 is 0. The highest BCUT2D eigenvalue weighted by Gasteiger charge is 2.29. The van der Waals surface area contributed by atoms with Crippen molar-refractivity contribution in [3.8, 4) is 0 Å². The lowest BCUT2D eigenvalue weighted by atomic mass is 9.98. The number of aromatic amines is 1. The number of rotatable bonds is 2. The van der Waals surface area contributed by atoms with E-state index in [0.29, 0.717) is 5.56 Å². The van der Waals surface area contributed by atoms with Gasteiger partial charge in [0.15, 0.2) is 0 Å². The van der Waals surface area contributed by atoms with Gasteiger partial charge in [0.05, 0.1) is 11.7 Å². The Hall–Kier alpha value is -2.17. The lowest BCUT2D eigenvalue weighted by Crippen LogP contribution is -2.38. The van der Waals surface area contributed by atoms with Gasteiger partial charge in [-0.25, -0.2) is 0 Å². The fraction of sp³-hybridized carbons (Fsp3) is 0.357. The van der Waals surface area contributed by atoms with Crippen LogP contribution < -0.4 is 0 Å². The zero-order chi connectivity index (χ0) is 13.1. The largest absolute Gasteiger partial charge is 0.330 e. The van der Waals surface area contributed by atoms with Crippen LogP contribution in [0, 0.1) is 0 Å². The van der Waals surface area contributed by atoms with Crippen molar-refractivity contribution in [2.45, 2.75) is 25.3 Å². The molecule has 1 saturated heterocycles. The molecule has 0 spiro atoms. The van der Waals surface area contributed by atoms with Crippen LogP contribution in [0.15, 0.2) is 36.8 Å². The molecule has 1 amide bonds. The van der Waals surface area contributed by atoms with Gasteiger partial charge in [-0.15, -0.1) is 0 Å². The third kappa shape index (κ3) is 2.36. The van der Waals surface area contributed by atoms with Crippen molar-refractivity contribution in [3.63, 3.8) is 0 Å². The molecular formula is C14H16N4O. The first-order valence-electron chi connectivity index (χ1n) is 6.56. The molecule has 1 atom stereocenters. The van der Waals surface area contributed by atoms with Crippen molar-refractivity contribution in [1.29, 1.82) is 0 Å². The molecule has 0 radical (unpaired) electrons. The normalized spacial score (nSPS) is 19.4. The van der Waals surface area contributed by atoms with Gasteiger partial charge in [0.1, 0.15) is 0 Å². The smallest absolute Gasteiger partial charge is 0.254 e. The van der Waals surface area contributed by atoms with E-state index in [0.717, 1.165) is 31.5 Å². The number of nitrogens with zero attached hydrogens (tertiary/aromatic N) is 3. The topological polar surface area (TPSA) is 61.9 Å². The van der Waals surface area contributed by atoms with E-state index in [9.17, 15) is 4.79 Å². The molecule has 1 N–H and O–H groups in total. The van der Waals surface area contributed by atoms with Crippen molar-refractivity contribution in [3.05, 3.63) is 48.0 Å². The maximum atomic E-state index is 12.6. The molecule has 1 fully saturated rings. The first kappa shape index (κ1) is 11.9. The van der Waals surface area contributed by atoms with Crippen molar-refractivity contribution in [1.82, 2.24) is 20.1 Å². The molecule has 19 heavy (non-hydrogen) atoms. The van der Waals surface area contributed by atoms with Gasteiger partial charge in [-0.05, 0) is 37.5 Å². The van der Waals surface area contributed by atoms with Gasteiger partial charge < -0.3 is 4.90 Å². The highest BCUT2D eigenvalue weighted by Crippen LogP contribution is 2.30. The van der Waals surface area contributed by atoms with Crippen LogP contribution in [0.25, 0.3) is 0 Å². The molecule has 1 aliphatic heterocycles. The zero-order valence-electron chi connectivity index (χ0n) is 10.6. The zero-order valence-corrected chi connectivity index (χ0v) is 10.6. The number of carbonyl (C=O) groups is 1. The summed E-state index contributed by atoms with van der Waals surface area (Å²) in [6, 6.07) is 5.59. The molecule has 5 heteroatoms. The highest BCUT2D eigenvalue weighted by molar-refractivity contribution is 5.94. The molecule has 0 aliphatic carbocycles. The lowest BCUT2D eigenvalue weighted by Gasteiger charge is -2.35. The third-order valence-electron chi connectivity index (χ3n) is 3.57. The van der Waals surface area contributed by atoms with Crippen LogP contribution in [0.1, 0.15) is 41.4 Å². The minimum absolute atomic E-state index is 0.0710. The van der Waals surface area contributed by atoms with Crippen LogP contribution in [0.3, 0.4) is 0 Å². The van der Waals surface area contributed by atoms with Gasteiger partial charge in [0.2, 0.25) is 0 Å². The van der Waals surface area contributed by atoms with Crippen molar-refractivity contribution in [2.75, 3.05) is 6.54 Å². The Morgan fingerprint density at radius 1 is 1.21 bits per heavy atom. The van der Waals surface area contributed by atoms with E-state index < -0.39 is 0 Å². The molecule has 2 aromatic heterocycles. The van der Waals surface area contributed by atoms with Crippen molar-refractivity contribution in [2.24, 2.45) is 0 Å². The molecule has 0 bridgehead atoms. The monoisotopic (exact) mass is 256 g/mol. The summed E-state index contributed by atoms with van der Waals surface area (Å²) in [7, 11) is 0. The van der Waals surface area contributed by atoms with Crippen LogP contribution in [-0.4, -0.2) is 32.5 Å². The highest BCUT2D eigenvalue weighted by atomic mass is 16.2. The van der Waals surface area contributed by atoms with Crippen molar-refractivity contribution < 1.29 is 4.79 Å². The standard InChI is InChI=1S/C14H16N4O/c19-14(11-4-7-15-8-5-11)18-10-2-1-3-13(18)12-6-9-16-17-12/h4-9,13H,1-3,10H2,(H,16,17)/t13-/m0/s1. The molecular weight excluding hydrogens is 240 g/mol. The summed E-state index contributed by atoms with van der Waals surface area (Å²) in [5, 5.41) is 6.98. The number of likely N-dealkylation sites (tertiary alicyclic amines) is 1. The Labute approximate surface area is 111 Å². The molecule has 3 heterocycles. The van der Waals surface area contributed by atoms with Gasteiger partial charge in [0, 0.05) is 30.7 Å². The summed E-state index contributed by atoms with van der Waals surface area (Å²) in [5.74, 6) is 0.0710. The van der Waals surface area contributed by atoms with Crippen LogP contribution >= 0.6 is 0 Å². The Kier molecular flexibility index (Phi) is 3.27. The van der Waals surface area contributed by atoms with E-state index in [1.165, 1.54) is 0 Å². The van der Waals surface area contributed by atoms with Crippen molar-refractivity contribution >= 4 is 5.91 Å². The number of piperidine rings is 1. The molecule has 2 aromatic rings. The number of H-pyrrole nitrogens is 1. The number of carbonyl (C=O) groups excluding carboxylic acids is 1. The van der Waals surface area contributed by atoms with Gasteiger partial charge in [-0.2, -0.15) is 5.10 Å². The summed E-state index contributed by atoms with van der Waals surface area (Å²) < 4.78 is 0. The first-order valence-corrected chi connectivity index (χ1v) is 6.56. The summed E-state index contributed by atoms with van der Waals surface area (Å²) in [6.07, 6.45) is 8.23. The number of pyridine rings is 1. The summed E-state index contributed by atoms with van der Waals surface area (Å²) in [5.41, 5.74) is 1.71. The third-order valence-corrected chi connectivity index (χ3v) is 3.57. The maximum absolute atomic E-state index is 12.6. The molecule has 3 rings (SSSR count). The van der Waals surface area contributed by atoms with E-state index in [1.54, 1.807) is 30.7 Å². The second-order valence-corrected chi connectivity index (χ2v) is 4.76. The number of hydrogen-bond donors (Lipinski definition) is 1. The Morgan fingerprint density at radius 3 is 2.79 bits per heavy atom. The van der Waals surface area contributed by atoms with Crippen LogP contribution in [-0.2, 0) is 0 Å². The average Bonchev–Trinajstić information content (AvgIpc) is 3.01. The Balaban J connectivity index is 1.87. The number of aromatic nitrogens is 3. The summed E-state index contributed by atoms with van der Waals surface area (Å²) in [6.45, 7) is 0.796. The second-order valence-electron chi connectivity index (χ2n) is 4.76. The molecule has 0 unspecified atom stereocenters. The minimum Gasteiger partial charge on any atom is -0.330 e. The molecule has 98 valence electrons. The van der Waals surface area contributed by atoms with E-state index in [-0.39, 0.29) is 11.9 Å². The first-order chi connectivity index (χ1) is 9.36. The fourth-order valence-corrected chi connectivity index (χ4v) is 2.61. The van der Waals surface area contributed by atoms with E-state index in [4.69, 9.17) is 0 Å². The number of amides is 1. The number of nitrogens with one attached hydrogen (secondary N) is 1. The molecule has 5 nitrogen and oxygen atoms in total. The number of hydrogen-bond acceptors (Lipinski definition) is 3. The molecule has 1 aliphatic rings. The van der Waals surface area contributed by atoms with E-state index in [2.05, 4.69) is 15.2 Å². The predicted molar refractivity (Wildman–Crippen MR) is 70.5 cm³/mol. The lowest BCUT2D eigenvalue weighted by molar-refractivity contribution is 0.0606. The van der Waals surface area contributed by atoms with Gasteiger partial charge in [-0.1, -0.05) is 0 Å². The average molecular weight is 256 g/mol. The molecule has 0 saturated carbocycles. The Bertz CT molecular complexity index is 538. The maximum Gasteiger partial charge on any atom is 0.254 e. The minimum atomic E-state index is 0.0710. The predicted octanol–water partition coefficient (Wildman–Crippen LogP) is 2.17. The quantitative estimate of drug-likeness (QED) is 0.895. The summed E-state index contributed by atoms with van der Waals surface area (Å²) in [4.78, 5) is 18.5. The molecule has 0 aromatic carbocycles.